The van der Waals surface area contributed by atoms with E-state index >= 15 is 0 Å². The van der Waals surface area contributed by atoms with Crippen molar-refractivity contribution in [1.29, 1.82) is 0 Å². The minimum Gasteiger partial charge on any atom is -0.494 e. The average molecular weight is 339 g/mol. The number of ether oxygens (including phenoxy) is 1. The van der Waals surface area contributed by atoms with Gasteiger partial charge in [-0.15, -0.1) is 0 Å². The minimum atomic E-state index is -0.834. The predicted molar refractivity (Wildman–Crippen MR) is 97.7 cm³/mol. The van der Waals surface area contributed by atoms with Crippen molar-refractivity contribution in [3.63, 3.8) is 0 Å². The van der Waals surface area contributed by atoms with Gasteiger partial charge in [0.1, 0.15) is 5.75 Å². The van der Waals surface area contributed by atoms with Gasteiger partial charge in [0.25, 0.3) is 0 Å². The van der Waals surface area contributed by atoms with Crippen LogP contribution in [0, 0.1) is 0 Å². The van der Waals surface area contributed by atoms with Crippen molar-refractivity contribution >= 4 is 23.7 Å². The highest BCUT2D eigenvalue weighted by Gasteiger charge is 2.12. The van der Waals surface area contributed by atoms with Gasteiger partial charge < -0.3 is 10.1 Å². The molecule has 2 aromatic rings. The van der Waals surface area contributed by atoms with E-state index in [2.05, 4.69) is 22.8 Å². The number of unbranched alkanes of at least 4 members (excludes halogenated alkanes) is 1. The van der Waals surface area contributed by atoms with Gasteiger partial charge in [-0.2, -0.15) is 5.10 Å². The molecule has 0 bridgehead atoms. The monoisotopic (exact) mass is 339 g/mol. The largest absolute Gasteiger partial charge is 0.494 e. The number of hydrogen-bond donors (Lipinski definition) is 2. The van der Waals surface area contributed by atoms with Crippen molar-refractivity contribution in [3.05, 3.63) is 60.2 Å². The normalized spacial score (nSPS) is 10.4. The number of rotatable bonds is 7. The summed E-state index contributed by atoms with van der Waals surface area (Å²) in [7, 11) is 0. The summed E-state index contributed by atoms with van der Waals surface area (Å²) >= 11 is 0. The lowest BCUT2D eigenvalue weighted by molar-refractivity contribution is -0.136. The second kappa shape index (κ2) is 9.87. The zero-order valence-corrected chi connectivity index (χ0v) is 14.1. The molecule has 0 saturated carbocycles. The highest BCUT2D eigenvalue weighted by molar-refractivity contribution is 6.39. The van der Waals surface area contributed by atoms with Crippen LogP contribution in [0.1, 0.15) is 25.3 Å². The number of carbonyl (C=O) groups excluding carboxylic acids is 2. The lowest BCUT2D eigenvalue weighted by atomic mass is 10.2. The Morgan fingerprint density at radius 1 is 1.04 bits per heavy atom. The number of anilines is 1. The molecule has 0 spiro atoms. The van der Waals surface area contributed by atoms with Gasteiger partial charge in [-0.1, -0.05) is 31.5 Å². The van der Waals surface area contributed by atoms with Crippen LogP contribution in [-0.2, 0) is 9.59 Å². The van der Waals surface area contributed by atoms with Gasteiger partial charge in [-0.25, -0.2) is 5.43 Å². The topological polar surface area (TPSA) is 79.8 Å². The number of hydrogen-bond acceptors (Lipinski definition) is 4. The first-order valence-corrected chi connectivity index (χ1v) is 8.11. The Morgan fingerprint density at radius 3 is 2.44 bits per heavy atom. The molecule has 6 nitrogen and oxygen atoms in total. The van der Waals surface area contributed by atoms with E-state index in [-0.39, 0.29) is 0 Å². The van der Waals surface area contributed by atoms with Crippen LogP contribution in [0.2, 0.25) is 0 Å². The van der Waals surface area contributed by atoms with Crippen molar-refractivity contribution in [2.75, 3.05) is 11.9 Å². The molecule has 0 aromatic heterocycles. The van der Waals surface area contributed by atoms with E-state index in [4.69, 9.17) is 4.74 Å². The molecule has 0 aliphatic carbocycles. The van der Waals surface area contributed by atoms with Gasteiger partial charge in [0.05, 0.1) is 12.8 Å². The van der Waals surface area contributed by atoms with Gasteiger partial charge in [0.2, 0.25) is 0 Å². The summed E-state index contributed by atoms with van der Waals surface area (Å²) in [5, 5.41) is 6.26. The smallest absolute Gasteiger partial charge is 0.329 e. The lowest BCUT2D eigenvalue weighted by Gasteiger charge is -2.05. The summed E-state index contributed by atoms with van der Waals surface area (Å²) in [6.07, 6.45) is 3.56. The van der Waals surface area contributed by atoms with Crippen LogP contribution < -0.4 is 15.5 Å². The maximum absolute atomic E-state index is 11.7. The first kappa shape index (κ1) is 18.2. The molecule has 25 heavy (non-hydrogen) atoms. The van der Waals surface area contributed by atoms with Crippen molar-refractivity contribution in [3.8, 4) is 5.75 Å². The van der Waals surface area contributed by atoms with Crippen LogP contribution in [0.5, 0.6) is 5.75 Å². The molecule has 2 rings (SSSR count). The third-order valence-corrected chi connectivity index (χ3v) is 3.26. The molecule has 0 radical (unpaired) electrons. The van der Waals surface area contributed by atoms with Gasteiger partial charge >= 0.3 is 11.8 Å². The van der Waals surface area contributed by atoms with Gasteiger partial charge in [-0.05, 0) is 48.4 Å². The SMILES string of the molecule is CCCCOc1ccc(C=NNC(=O)C(=O)Nc2ccccc2)cc1. The van der Waals surface area contributed by atoms with Crippen molar-refractivity contribution < 1.29 is 14.3 Å². The third kappa shape index (κ3) is 6.47. The molecule has 0 unspecified atom stereocenters. The van der Waals surface area contributed by atoms with E-state index in [1.54, 1.807) is 24.3 Å². The zero-order chi connectivity index (χ0) is 17.9. The number of para-hydroxylation sites is 1. The highest BCUT2D eigenvalue weighted by Crippen LogP contribution is 2.11. The number of amides is 2. The van der Waals surface area contributed by atoms with E-state index in [1.807, 2.05) is 30.3 Å². The first-order chi connectivity index (χ1) is 12.2. The van der Waals surface area contributed by atoms with Crippen LogP contribution in [0.4, 0.5) is 5.69 Å². The maximum Gasteiger partial charge on any atom is 0.329 e. The molecule has 0 saturated heterocycles. The van der Waals surface area contributed by atoms with Crippen LogP contribution >= 0.6 is 0 Å². The second-order valence-electron chi connectivity index (χ2n) is 5.29. The minimum absolute atomic E-state index is 0.547. The second-order valence-corrected chi connectivity index (χ2v) is 5.29. The van der Waals surface area contributed by atoms with Crippen LogP contribution in [0.15, 0.2) is 59.7 Å². The Hall–Kier alpha value is -3.15. The van der Waals surface area contributed by atoms with E-state index in [9.17, 15) is 9.59 Å². The molecular formula is C19H21N3O3. The maximum atomic E-state index is 11.7. The average Bonchev–Trinajstić information content (AvgIpc) is 2.64. The summed E-state index contributed by atoms with van der Waals surface area (Å²) in [4.78, 5) is 23.4. The Labute approximate surface area is 146 Å². The Kier molecular flexibility index (Phi) is 7.18. The van der Waals surface area contributed by atoms with E-state index in [1.165, 1.54) is 6.21 Å². The number of nitrogens with zero attached hydrogens (tertiary/aromatic N) is 1. The molecule has 130 valence electrons. The predicted octanol–water partition coefficient (Wildman–Crippen LogP) is 2.95. The summed E-state index contributed by atoms with van der Waals surface area (Å²) in [5.74, 6) is -0.820. The highest BCUT2D eigenvalue weighted by atomic mass is 16.5. The number of benzene rings is 2. The molecule has 6 heteroatoms. The third-order valence-electron chi connectivity index (χ3n) is 3.26. The quantitative estimate of drug-likeness (QED) is 0.352. The van der Waals surface area contributed by atoms with Gasteiger partial charge in [0, 0.05) is 5.69 Å². The fraction of sp³-hybridized carbons (Fsp3) is 0.211. The first-order valence-electron chi connectivity index (χ1n) is 8.11. The molecule has 0 aliphatic heterocycles. The van der Waals surface area contributed by atoms with Crippen LogP contribution in [0.3, 0.4) is 0 Å². The van der Waals surface area contributed by atoms with Crippen LogP contribution in [0.25, 0.3) is 0 Å². The molecule has 0 fully saturated rings. The van der Waals surface area contributed by atoms with Crippen LogP contribution in [-0.4, -0.2) is 24.6 Å². The zero-order valence-electron chi connectivity index (χ0n) is 14.1. The molecule has 0 heterocycles. The van der Waals surface area contributed by atoms with E-state index in [0.717, 1.165) is 24.2 Å². The van der Waals surface area contributed by atoms with Gasteiger partial charge in [-0.3, -0.25) is 9.59 Å². The van der Waals surface area contributed by atoms with Crippen molar-refractivity contribution in [2.24, 2.45) is 5.10 Å². The summed E-state index contributed by atoms with van der Waals surface area (Å²) in [5.41, 5.74) is 3.53. The molecule has 0 atom stereocenters. The van der Waals surface area contributed by atoms with E-state index < -0.39 is 11.8 Å². The molecule has 0 aliphatic rings. The fourth-order valence-corrected chi connectivity index (χ4v) is 1.91. The summed E-state index contributed by atoms with van der Waals surface area (Å²) in [6.45, 7) is 2.80. The molecular weight excluding hydrogens is 318 g/mol. The number of nitrogens with one attached hydrogen (secondary N) is 2. The Morgan fingerprint density at radius 2 is 1.76 bits per heavy atom. The molecule has 2 N–H and O–H groups in total. The van der Waals surface area contributed by atoms with Crippen molar-refractivity contribution in [1.82, 2.24) is 5.43 Å². The number of carbonyl (C=O) groups is 2. The van der Waals surface area contributed by atoms with E-state index in [0.29, 0.717) is 12.3 Å². The standard InChI is InChI=1S/C19H21N3O3/c1-2-3-13-25-17-11-9-15(10-12-17)14-20-22-19(24)18(23)21-16-7-5-4-6-8-16/h4-12,14H,2-3,13H2,1H3,(H,21,23)(H,22,24). The van der Waals surface area contributed by atoms with Gasteiger partial charge in [0.15, 0.2) is 0 Å². The fourth-order valence-electron chi connectivity index (χ4n) is 1.91. The Bertz CT molecular complexity index is 712. The number of hydrazone groups is 1. The summed E-state index contributed by atoms with van der Waals surface area (Å²) < 4.78 is 5.56. The lowest BCUT2D eigenvalue weighted by Crippen LogP contribution is -2.32. The Balaban J connectivity index is 1.79. The summed E-state index contributed by atoms with van der Waals surface area (Å²) in [6, 6.07) is 16.0. The molecule has 2 aromatic carbocycles. The van der Waals surface area contributed by atoms with Crippen molar-refractivity contribution in [2.45, 2.75) is 19.8 Å². The molecule has 2 amide bonds.